The predicted molar refractivity (Wildman–Crippen MR) is 57.4 cm³/mol. The minimum Gasteiger partial charge on any atom is -0.294 e. The highest BCUT2D eigenvalue weighted by molar-refractivity contribution is 7.98. The average molecular weight is 205 g/mol. The third kappa shape index (κ3) is 5.13. The van der Waals surface area contributed by atoms with Crippen molar-refractivity contribution in [3.05, 3.63) is 0 Å². The van der Waals surface area contributed by atoms with Crippen LogP contribution in [0.2, 0.25) is 0 Å². The summed E-state index contributed by atoms with van der Waals surface area (Å²) in [5.74, 6) is 5.91. The van der Waals surface area contributed by atoms with Gasteiger partial charge in [0.15, 0.2) is 0 Å². The molecule has 5 heteroatoms. The van der Waals surface area contributed by atoms with Crippen LogP contribution >= 0.6 is 11.8 Å². The minimum absolute atomic E-state index is 0.137. The number of rotatable bonds is 6. The molecule has 0 aromatic carbocycles. The van der Waals surface area contributed by atoms with Gasteiger partial charge in [-0.3, -0.25) is 15.1 Å². The molecule has 4 nitrogen and oxygen atoms in total. The first-order chi connectivity index (χ1) is 6.15. The maximum absolute atomic E-state index is 11.0. The van der Waals surface area contributed by atoms with Gasteiger partial charge in [0, 0.05) is 11.8 Å². The molecule has 1 unspecified atom stereocenters. The van der Waals surface area contributed by atoms with Crippen LogP contribution in [0, 0.1) is 0 Å². The van der Waals surface area contributed by atoms with Crippen molar-refractivity contribution in [2.75, 3.05) is 25.6 Å². The average Bonchev–Trinajstić information content (AvgIpc) is 2.13. The van der Waals surface area contributed by atoms with Crippen LogP contribution in [0.5, 0.6) is 0 Å². The molecule has 0 aromatic heterocycles. The summed E-state index contributed by atoms with van der Waals surface area (Å²) in [4.78, 5) is 13.0. The van der Waals surface area contributed by atoms with Gasteiger partial charge in [-0.1, -0.05) is 6.92 Å². The molecule has 1 atom stereocenters. The second-order valence-corrected chi connectivity index (χ2v) is 3.91. The molecule has 0 bridgehead atoms. The second-order valence-electron chi connectivity index (χ2n) is 3.00. The minimum atomic E-state index is -0.137. The van der Waals surface area contributed by atoms with Gasteiger partial charge in [0.25, 0.3) is 0 Å². The van der Waals surface area contributed by atoms with Crippen LogP contribution in [0.4, 0.5) is 0 Å². The fourth-order valence-corrected chi connectivity index (χ4v) is 2.03. The summed E-state index contributed by atoms with van der Waals surface area (Å²) >= 11 is 1.79. The predicted octanol–water partition coefficient (Wildman–Crippen LogP) is 0.0497. The largest absolute Gasteiger partial charge is 0.294 e. The summed E-state index contributed by atoms with van der Waals surface area (Å²) in [6, 6.07) is 0.451. The summed E-state index contributed by atoms with van der Waals surface area (Å²) < 4.78 is 0. The fraction of sp³-hybridized carbons (Fsp3) is 0.875. The van der Waals surface area contributed by atoms with E-state index in [9.17, 15) is 4.79 Å². The quantitative estimate of drug-likeness (QED) is 0.365. The topological polar surface area (TPSA) is 58.4 Å². The summed E-state index contributed by atoms with van der Waals surface area (Å²) in [5, 5.41) is 0. The molecule has 0 saturated carbocycles. The Morgan fingerprint density at radius 3 is 2.69 bits per heavy atom. The molecule has 0 saturated heterocycles. The van der Waals surface area contributed by atoms with E-state index in [2.05, 4.69) is 18.6 Å². The summed E-state index contributed by atoms with van der Waals surface area (Å²) in [7, 11) is 1.94. The molecule has 1 amide bonds. The summed E-state index contributed by atoms with van der Waals surface area (Å²) in [6.07, 6.45) is 3.12. The van der Waals surface area contributed by atoms with E-state index in [0.717, 1.165) is 12.2 Å². The van der Waals surface area contributed by atoms with Gasteiger partial charge in [0.05, 0.1) is 6.54 Å². The standard InChI is InChI=1S/C8H19N3OS/c1-4-7(6-13-3)11(2)5-8(12)10-9/h7H,4-6,9H2,1-3H3,(H,10,12). The monoisotopic (exact) mass is 205 g/mol. The summed E-state index contributed by atoms with van der Waals surface area (Å²) in [6.45, 7) is 2.49. The first-order valence-electron chi connectivity index (χ1n) is 4.34. The van der Waals surface area contributed by atoms with Crippen molar-refractivity contribution < 1.29 is 4.79 Å². The van der Waals surface area contributed by atoms with Gasteiger partial charge in [0.2, 0.25) is 5.91 Å². The second kappa shape index (κ2) is 7.17. The first-order valence-corrected chi connectivity index (χ1v) is 5.73. The molecule has 0 aliphatic heterocycles. The van der Waals surface area contributed by atoms with Gasteiger partial charge in [-0.25, -0.2) is 5.84 Å². The Balaban J connectivity index is 3.89. The van der Waals surface area contributed by atoms with E-state index in [1.165, 1.54) is 0 Å². The van der Waals surface area contributed by atoms with E-state index in [0.29, 0.717) is 12.6 Å². The van der Waals surface area contributed by atoms with Gasteiger partial charge < -0.3 is 0 Å². The Labute approximate surface area is 84.2 Å². The van der Waals surface area contributed by atoms with E-state index in [4.69, 9.17) is 5.84 Å². The Morgan fingerprint density at radius 1 is 1.69 bits per heavy atom. The first kappa shape index (κ1) is 12.7. The zero-order chi connectivity index (χ0) is 10.3. The molecule has 78 valence electrons. The SMILES string of the molecule is CCC(CSC)N(C)CC(=O)NN. The lowest BCUT2D eigenvalue weighted by molar-refractivity contribution is -0.122. The molecular weight excluding hydrogens is 186 g/mol. The lowest BCUT2D eigenvalue weighted by Crippen LogP contribution is -2.43. The van der Waals surface area contributed by atoms with Gasteiger partial charge in [-0.2, -0.15) is 11.8 Å². The Kier molecular flexibility index (Phi) is 7.03. The third-order valence-electron chi connectivity index (χ3n) is 2.01. The molecule has 0 radical (unpaired) electrons. The van der Waals surface area contributed by atoms with Crippen molar-refractivity contribution in [3.8, 4) is 0 Å². The molecule has 0 aromatic rings. The number of hydrogen-bond donors (Lipinski definition) is 2. The van der Waals surface area contributed by atoms with E-state index in [1.54, 1.807) is 11.8 Å². The molecular formula is C8H19N3OS. The van der Waals surface area contributed by atoms with Gasteiger partial charge in [-0.05, 0) is 19.7 Å². The number of nitrogens with one attached hydrogen (secondary N) is 1. The molecule has 13 heavy (non-hydrogen) atoms. The highest BCUT2D eigenvalue weighted by atomic mass is 32.2. The van der Waals surface area contributed by atoms with Crippen LogP contribution in [-0.2, 0) is 4.79 Å². The lowest BCUT2D eigenvalue weighted by Gasteiger charge is -2.25. The molecule has 3 N–H and O–H groups in total. The van der Waals surface area contributed by atoms with Crippen molar-refractivity contribution in [1.29, 1.82) is 0 Å². The Morgan fingerprint density at radius 2 is 2.31 bits per heavy atom. The smallest absolute Gasteiger partial charge is 0.248 e. The molecule has 0 aliphatic carbocycles. The van der Waals surface area contributed by atoms with Crippen molar-refractivity contribution in [3.63, 3.8) is 0 Å². The molecule has 0 spiro atoms. The molecule has 0 aliphatic rings. The number of amides is 1. The zero-order valence-electron chi connectivity index (χ0n) is 8.54. The Hall–Kier alpha value is -0.260. The number of likely N-dealkylation sites (N-methyl/N-ethyl adjacent to an activating group) is 1. The number of hydrogen-bond acceptors (Lipinski definition) is 4. The molecule has 0 rings (SSSR count). The van der Waals surface area contributed by atoms with Crippen molar-refractivity contribution in [2.24, 2.45) is 5.84 Å². The number of carbonyl (C=O) groups excluding carboxylic acids is 1. The van der Waals surface area contributed by atoms with Crippen molar-refractivity contribution in [1.82, 2.24) is 10.3 Å². The fourth-order valence-electron chi connectivity index (χ4n) is 1.15. The van der Waals surface area contributed by atoms with E-state index in [1.807, 2.05) is 11.9 Å². The van der Waals surface area contributed by atoms with E-state index in [-0.39, 0.29) is 5.91 Å². The molecule has 0 heterocycles. The maximum Gasteiger partial charge on any atom is 0.248 e. The lowest BCUT2D eigenvalue weighted by atomic mass is 10.2. The number of thioether (sulfide) groups is 1. The number of nitrogens with zero attached hydrogens (tertiary/aromatic N) is 1. The molecule has 0 fully saturated rings. The van der Waals surface area contributed by atoms with Crippen LogP contribution < -0.4 is 11.3 Å². The third-order valence-corrected chi connectivity index (χ3v) is 2.73. The highest BCUT2D eigenvalue weighted by Crippen LogP contribution is 2.07. The van der Waals surface area contributed by atoms with E-state index >= 15 is 0 Å². The van der Waals surface area contributed by atoms with E-state index < -0.39 is 0 Å². The van der Waals surface area contributed by atoms with Crippen LogP contribution in [0.15, 0.2) is 0 Å². The Bertz CT molecular complexity index is 154. The number of nitrogens with two attached hydrogens (primary N) is 1. The van der Waals surface area contributed by atoms with Gasteiger partial charge >= 0.3 is 0 Å². The number of hydrazine groups is 1. The summed E-state index contributed by atoms with van der Waals surface area (Å²) in [5.41, 5.74) is 2.13. The van der Waals surface area contributed by atoms with Crippen LogP contribution in [0.25, 0.3) is 0 Å². The van der Waals surface area contributed by atoms with Crippen LogP contribution in [0.1, 0.15) is 13.3 Å². The van der Waals surface area contributed by atoms with Crippen molar-refractivity contribution >= 4 is 17.7 Å². The van der Waals surface area contributed by atoms with Gasteiger partial charge in [0.1, 0.15) is 0 Å². The zero-order valence-corrected chi connectivity index (χ0v) is 9.36. The van der Waals surface area contributed by atoms with Crippen molar-refractivity contribution in [2.45, 2.75) is 19.4 Å². The van der Waals surface area contributed by atoms with Gasteiger partial charge in [-0.15, -0.1) is 0 Å². The maximum atomic E-state index is 11.0. The van der Waals surface area contributed by atoms with Crippen LogP contribution in [0.3, 0.4) is 0 Å². The van der Waals surface area contributed by atoms with Crippen LogP contribution in [-0.4, -0.2) is 42.4 Å². The normalized spacial score (nSPS) is 13.0. The highest BCUT2D eigenvalue weighted by Gasteiger charge is 2.14. The number of carbonyl (C=O) groups is 1.